The SMILES string of the molecule is CCCNC(c1cc(Cl)cnc1N)C(OCC)C1CC1. The first-order valence-corrected chi connectivity index (χ1v) is 7.81. The summed E-state index contributed by atoms with van der Waals surface area (Å²) in [4.78, 5) is 4.18. The molecule has 1 aromatic rings. The lowest BCUT2D eigenvalue weighted by atomic mass is 9.98. The first-order valence-electron chi connectivity index (χ1n) is 7.43. The quantitative estimate of drug-likeness (QED) is 0.774. The highest BCUT2D eigenvalue weighted by molar-refractivity contribution is 6.30. The van der Waals surface area contributed by atoms with Crippen LogP contribution in [0.4, 0.5) is 5.82 Å². The zero-order valence-electron chi connectivity index (χ0n) is 12.2. The van der Waals surface area contributed by atoms with Gasteiger partial charge in [0, 0.05) is 18.4 Å². The second-order valence-corrected chi connectivity index (χ2v) is 5.75. The molecular formula is C15H24ClN3O. The highest BCUT2D eigenvalue weighted by atomic mass is 35.5. The maximum Gasteiger partial charge on any atom is 0.128 e. The van der Waals surface area contributed by atoms with E-state index in [0.29, 0.717) is 23.4 Å². The summed E-state index contributed by atoms with van der Waals surface area (Å²) in [5.74, 6) is 1.15. The third-order valence-electron chi connectivity index (χ3n) is 3.64. The summed E-state index contributed by atoms with van der Waals surface area (Å²) >= 11 is 6.09. The van der Waals surface area contributed by atoms with E-state index in [9.17, 15) is 0 Å². The molecule has 4 nitrogen and oxygen atoms in total. The number of nitrogens with zero attached hydrogens (tertiary/aromatic N) is 1. The number of pyridine rings is 1. The number of hydrogen-bond acceptors (Lipinski definition) is 4. The van der Waals surface area contributed by atoms with Crippen molar-refractivity contribution in [3.8, 4) is 0 Å². The van der Waals surface area contributed by atoms with Gasteiger partial charge in [-0.15, -0.1) is 0 Å². The number of nitrogen functional groups attached to an aromatic ring is 1. The minimum absolute atomic E-state index is 0.0635. The number of hydrogen-bond donors (Lipinski definition) is 2. The maximum absolute atomic E-state index is 6.09. The van der Waals surface area contributed by atoms with Crippen LogP contribution in [0.25, 0.3) is 0 Å². The van der Waals surface area contributed by atoms with Crippen LogP contribution >= 0.6 is 11.6 Å². The molecule has 0 radical (unpaired) electrons. The number of halogens is 1. The standard InChI is InChI=1S/C15H24ClN3O/c1-3-7-18-13(14(20-4-2)10-5-6-10)12-8-11(16)9-19-15(12)17/h8-10,13-14,18H,3-7H2,1-2H3,(H2,17,19). The molecule has 5 heteroatoms. The van der Waals surface area contributed by atoms with Gasteiger partial charge in [0.25, 0.3) is 0 Å². The Hall–Kier alpha value is -0.840. The molecular weight excluding hydrogens is 274 g/mol. The molecule has 0 bridgehead atoms. The number of ether oxygens (including phenoxy) is 1. The zero-order valence-corrected chi connectivity index (χ0v) is 13.0. The zero-order chi connectivity index (χ0) is 14.5. The van der Waals surface area contributed by atoms with E-state index in [1.54, 1.807) is 6.20 Å². The minimum Gasteiger partial charge on any atom is -0.383 e. The second kappa shape index (κ2) is 7.25. The molecule has 3 N–H and O–H groups in total. The van der Waals surface area contributed by atoms with Gasteiger partial charge in [0.15, 0.2) is 0 Å². The van der Waals surface area contributed by atoms with E-state index < -0.39 is 0 Å². The molecule has 2 atom stereocenters. The fraction of sp³-hybridized carbons (Fsp3) is 0.667. The molecule has 0 amide bonds. The van der Waals surface area contributed by atoms with Crippen LogP contribution in [0.2, 0.25) is 5.02 Å². The lowest BCUT2D eigenvalue weighted by molar-refractivity contribution is 0.0187. The summed E-state index contributed by atoms with van der Waals surface area (Å²) in [5.41, 5.74) is 7.01. The smallest absolute Gasteiger partial charge is 0.128 e. The predicted octanol–water partition coefficient (Wildman–Crippen LogP) is 3.17. The Morgan fingerprint density at radius 1 is 1.50 bits per heavy atom. The van der Waals surface area contributed by atoms with E-state index in [-0.39, 0.29) is 12.1 Å². The third kappa shape index (κ3) is 3.84. The normalized spacial score (nSPS) is 17.9. The number of anilines is 1. The number of nitrogens with one attached hydrogen (secondary N) is 1. The summed E-state index contributed by atoms with van der Waals surface area (Å²) in [6, 6.07) is 1.97. The highest BCUT2D eigenvalue weighted by Gasteiger charge is 2.38. The minimum atomic E-state index is 0.0635. The number of nitrogens with two attached hydrogens (primary N) is 1. The monoisotopic (exact) mass is 297 g/mol. The van der Waals surface area contributed by atoms with Gasteiger partial charge >= 0.3 is 0 Å². The van der Waals surface area contributed by atoms with Crippen LogP contribution in [0.3, 0.4) is 0 Å². The molecule has 0 aliphatic heterocycles. The van der Waals surface area contributed by atoms with Crippen molar-refractivity contribution in [1.29, 1.82) is 0 Å². The van der Waals surface area contributed by atoms with Gasteiger partial charge < -0.3 is 15.8 Å². The average Bonchev–Trinajstić information content (AvgIpc) is 3.26. The molecule has 1 aliphatic rings. The lowest BCUT2D eigenvalue weighted by Gasteiger charge is -2.29. The van der Waals surface area contributed by atoms with Crippen molar-refractivity contribution in [1.82, 2.24) is 10.3 Å². The van der Waals surface area contributed by atoms with Crippen molar-refractivity contribution in [2.45, 2.75) is 45.3 Å². The predicted molar refractivity (Wildman–Crippen MR) is 82.8 cm³/mol. The van der Waals surface area contributed by atoms with E-state index >= 15 is 0 Å². The van der Waals surface area contributed by atoms with Crippen molar-refractivity contribution in [2.24, 2.45) is 5.92 Å². The molecule has 1 saturated carbocycles. The molecule has 0 spiro atoms. The van der Waals surface area contributed by atoms with Gasteiger partial charge in [-0.1, -0.05) is 18.5 Å². The van der Waals surface area contributed by atoms with Crippen LogP contribution < -0.4 is 11.1 Å². The van der Waals surface area contributed by atoms with Gasteiger partial charge in [-0.25, -0.2) is 4.98 Å². The van der Waals surface area contributed by atoms with E-state index in [2.05, 4.69) is 17.2 Å². The Morgan fingerprint density at radius 3 is 2.85 bits per heavy atom. The van der Waals surface area contributed by atoms with Crippen LogP contribution in [0.5, 0.6) is 0 Å². The van der Waals surface area contributed by atoms with E-state index in [4.69, 9.17) is 22.1 Å². The number of aromatic nitrogens is 1. The van der Waals surface area contributed by atoms with E-state index in [1.165, 1.54) is 12.8 Å². The summed E-state index contributed by atoms with van der Waals surface area (Å²) in [5, 5.41) is 4.17. The Balaban J connectivity index is 2.26. The molecule has 1 fully saturated rings. The summed E-state index contributed by atoms with van der Waals surface area (Å²) in [7, 11) is 0. The van der Waals surface area contributed by atoms with Gasteiger partial charge in [0.1, 0.15) is 5.82 Å². The fourth-order valence-corrected chi connectivity index (χ4v) is 2.71. The topological polar surface area (TPSA) is 60.2 Å². The van der Waals surface area contributed by atoms with Crippen LogP contribution in [0.1, 0.15) is 44.7 Å². The third-order valence-corrected chi connectivity index (χ3v) is 3.85. The number of rotatable bonds is 8. The average molecular weight is 298 g/mol. The summed E-state index contributed by atoms with van der Waals surface area (Å²) in [6.45, 7) is 5.81. The van der Waals surface area contributed by atoms with Crippen molar-refractivity contribution < 1.29 is 4.74 Å². The first-order chi connectivity index (χ1) is 9.67. The van der Waals surface area contributed by atoms with E-state index in [0.717, 1.165) is 18.5 Å². The van der Waals surface area contributed by atoms with Crippen molar-refractivity contribution in [3.05, 3.63) is 22.8 Å². The van der Waals surface area contributed by atoms with Gasteiger partial charge in [0.2, 0.25) is 0 Å². The molecule has 1 aromatic heterocycles. The maximum atomic E-state index is 6.09. The van der Waals surface area contributed by atoms with Crippen molar-refractivity contribution in [2.75, 3.05) is 18.9 Å². The van der Waals surface area contributed by atoms with Gasteiger partial charge in [-0.05, 0) is 44.7 Å². The van der Waals surface area contributed by atoms with Gasteiger partial charge in [-0.3, -0.25) is 0 Å². The molecule has 112 valence electrons. The summed E-state index contributed by atoms with van der Waals surface area (Å²) < 4.78 is 5.99. The Kier molecular flexibility index (Phi) is 5.64. The van der Waals surface area contributed by atoms with Gasteiger partial charge in [-0.2, -0.15) is 0 Å². The van der Waals surface area contributed by atoms with Crippen LogP contribution in [-0.4, -0.2) is 24.2 Å². The molecule has 0 aromatic carbocycles. The largest absolute Gasteiger partial charge is 0.383 e. The summed E-state index contributed by atoms with van der Waals surface area (Å²) in [6.07, 6.45) is 5.25. The molecule has 0 saturated heterocycles. The second-order valence-electron chi connectivity index (χ2n) is 5.32. The molecule has 2 unspecified atom stereocenters. The molecule has 20 heavy (non-hydrogen) atoms. The van der Waals surface area contributed by atoms with Crippen LogP contribution in [-0.2, 0) is 4.74 Å². The molecule has 1 aliphatic carbocycles. The molecule has 2 rings (SSSR count). The Bertz CT molecular complexity index is 437. The first kappa shape index (κ1) is 15.5. The lowest BCUT2D eigenvalue weighted by Crippen LogP contribution is -2.36. The highest BCUT2D eigenvalue weighted by Crippen LogP contribution is 2.41. The fourth-order valence-electron chi connectivity index (χ4n) is 2.54. The van der Waals surface area contributed by atoms with Crippen molar-refractivity contribution in [3.63, 3.8) is 0 Å². The Labute approximate surface area is 126 Å². The Morgan fingerprint density at radius 2 is 2.25 bits per heavy atom. The van der Waals surface area contributed by atoms with E-state index in [1.807, 2.05) is 13.0 Å². The van der Waals surface area contributed by atoms with Crippen LogP contribution in [0.15, 0.2) is 12.3 Å². The van der Waals surface area contributed by atoms with Crippen molar-refractivity contribution >= 4 is 17.4 Å². The molecule has 1 heterocycles. The van der Waals surface area contributed by atoms with Crippen LogP contribution in [0, 0.1) is 5.92 Å². The van der Waals surface area contributed by atoms with Gasteiger partial charge in [0.05, 0.1) is 17.2 Å².